The van der Waals surface area contributed by atoms with Crippen LogP contribution in [0.1, 0.15) is 52.6 Å². The summed E-state index contributed by atoms with van der Waals surface area (Å²) in [5.41, 5.74) is 4.93. The van der Waals surface area contributed by atoms with Crippen LogP contribution in [-0.2, 0) is 0 Å². The number of aryl methyl sites for hydroxylation is 1. The van der Waals surface area contributed by atoms with Crippen molar-refractivity contribution in [3.8, 4) is 0 Å². The highest BCUT2D eigenvalue weighted by molar-refractivity contribution is 6.33. The third-order valence-corrected chi connectivity index (χ3v) is 4.37. The van der Waals surface area contributed by atoms with Crippen molar-refractivity contribution >= 4 is 23.4 Å². The molecule has 4 nitrogen and oxygen atoms in total. The topological polar surface area (TPSA) is 49.4 Å². The van der Waals surface area contributed by atoms with Crippen LogP contribution in [0.25, 0.3) is 0 Å². The quantitative estimate of drug-likeness (QED) is 0.801. The second-order valence-corrected chi connectivity index (χ2v) is 7.39. The van der Waals surface area contributed by atoms with Gasteiger partial charge in [-0.05, 0) is 63.9 Å². The molecule has 2 rings (SSSR count). The van der Waals surface area contributed by atoms with Gasteiger partial charge < -0.3 is 0 Å². The van der Waals surface area contributed by atoms with E-state index in [2.05, 4.69) is 5.43 Å². The highest BCUT2D eigenvalue weighted by atomic mass is 35.5. The zero-order valence-electron chi connectivity index (χ0n) is 15.2. The number of nitrogens with zero attached hydrogens (tertiary/aromatic N) is 1. The summed E-state index contributed by atoms with van der Waals surface area (Å²) in [5, 5.41) is 1.68. The van der Waals surface area contributed by atoms with E-state index in [0.717, 1.165) is 11.1 Å². The number of hydrazine groups is 1. The van der Waals surface area contributed by atoms with Gasteiger partial charge in [-0.15, -0.1) is 0 Å². The van der Waals surface area contributed by atoms with E-state index in [1.807, 2.05) is 46.8 Å². The van der Waals surface area contributed by atoms with Crippen molar-refractivity contribution in [1.82, 2.24) is 10.4 Å². The van der Waals surface area contributed by atoms with E-state index >= 15 is 0 Å². The molecule has 0 bridgehead atoms. The summed E-state index contributed by atoms with van der Waals surface area (Å²) in [7, 11) is 0. The van der Waals surface area contributed by atoms with Gasteiger partial charge >= 0.3 is 0 Å². The molecule has 0 aliphatic carbocycles. The number of carbonyl (C=O) groups is 2. The normalized spacial score (nSPS) is 11.1. The Labute approximate surface area is 153 Å². The maximum Gasteiger partial charge on any atom is 0.274 e. The Kier molecular flexibility index (Phi) is 5.53. The van der Waals surface area contributed by atoms with Crippen LogP contribution in [0.3, 0.4) is 0 Å². The highest BCUT2D eigenvalue weighted by Crippen LogP contribution is 2.21. The summed E-state index contributed by atoms with van der Waals surface area (Å²) in [6.45, 7) is 9.39. The summed E-state index contributed by atoms with van der Waals surface area (Å²) >= 11 is 6.15. The van der Waals surface area contributed by atoms with Gasteiger partial charge in [-0.2, -0.15) is 0 Å². The second-order valence-electron chi connectivity index (χ2n) is 6.98. The molecule has 0 unspecified atom stereocenters. The molecule has 25 heavy (non-hydrogen) atoms. The monoisotopic (exact) mass is 358 g/mol. The van der Waals surface area contributed by atoms with Gasteiger partial charge in [0.1, 0.15) is 0 Å². The van der Waals surface area contributed by atoms with Crippen molar-refractivity contribution in [2.45, 2.75) is 40.2 Å². The number of rotatable bonds is 2. The fourth-order valence-corrected chi connectivity index (χ4v) is 2.65. The molecule has 0 aliphatic rings. The maximum atomic E-state index is 13.0. The standard InChI is InChI=1S/C20H23ClN2O2/c1-13-9-8-11-15(14(13)2)18(24)22-23(20(3,4)5)19(25)16-10-6-7-12-17(16)21/h6-12H,1-5H3,(H,22,24). The van der Waals surface area contributed by atoms with E-state index in [1.165, 1.54) is 5.01 Å². The number of halogens is 1. The minimum atomic E-state index is -0.621. The van der Waals surface area contributed by atoms with Gasteiger partial charge in [0.15, 0.2) is 0 Å². The largest absolute Gasteiger partial charge is 0.274 e. The Hall–Kier alpha value is -2.33. The molecule has 5 heteroatoms. The molecule has 2 amide bonds. The van der Waals surface area contributed by atoms with Crippen LogP contribution in [0.15, 0.2) is 42.5 Å². The number of carbonyl (C=O) groups excluding carboxylic acids is 2. The lowest BCUT2D eigenvalue weighted by Crippen LogP contribution is -2.56. The predicted molar refractivity (Wildman–Crippen MR) is 101 cm³/mol. The van der Waals surface area contributed by atoms with Crippen LogP contribution in [0.4, 0.5) is 0 Å². The van der Waals surface area contributed by atoms with Crippen molar-refractivity contribution in [2.24, 2.45) is 0 Å². The smallest absolute Gasteiger partial charge is 0.267 e. The van der Waals surface area contributed by atoms with Gasteiger partial charge in [-0.25, -0.2) is 5.01 Å². The molecule has 0 atom stereocenters. The SMILES string of the molecule is Cc1cccc(C(=O)NN(C(=O)c2ccccc2Cl)C(C)(C)C)c1C. The molecular formula is C20H23ClN2O2. The molecule has 0 saturated carbocycles. The van der Waals surface area contributed by atoms with E-state index < -0.39 is 5.54 Å². The minimum absolute atomic E-state index is 0.323. The van der Waals surface area contributed by atoms with E-state index in [0.29, 0.717) is 16.1 Å². The molecule has 0 aliphatic heterocycles. The molecule has 2 aromatic rings. The van der Waals surface area contributed by atoms with E-state index in [4.69, 9.17) is 11.6 Å². The second kappa shape index (κ2) is 7.28. The van der Waals surface area contributed by atoms with Crippen molar-refractivity contribution < 1.29 is 9.59 Å². The van der Waals surface area contributed by atoms with E-state index in [-0.39, 0.29) is 11.8 Å². The molecule has 2 aromatic carbocycles. The predicted octanol–water partition coefficient (Wildman–Crippen LogP) is 4.54. The highest BCUT2D eigenvalue weighted by Gasteiger charge is 2.30. The lowest BCUT2D eigenvalue weighted by Gasteiger charge is -2.35. The zero-order valence-corrected chi connectivity index (χ0v) is 15.9. The van der Waals surface area contributed by atoms with Crippen molar-refractivity contribution in [3.05, 3.63) is 69.7 Å². The van der Waals surface area contributed by atoms with Crippen LogP contribution in [0.5, 0.6) is 0 Å². The lowest BCUT2D eigenvalue weighted by atomic mass is 10.0. The molecule has 0 heterocycles. The van der Waals surface area contributed by atoms with Crippen molar-refractivity contribution in [3.63, 3.8) is 0 Å². The number of amides is 2. The first-order valence-corrected chi connectivity index (χ1v) is 8.47. The van der Waals surface area contributed by atoms with Gasteiger partial charge in [0.25, 0.3) is 11.8 Å². The summed E-state index contributed by atoms with van der Waals surface area (Å²) in [4.78, 5) is 25.7. The summed E-state index contributed by atoms with van der Waals surface area (Å²) in [6.07, 6.45) is 0. The lowest BCUT2D eigenvalue weighted by molar-refractivity contribution is 0.0358. The number of nitrogens with one attached hydrogen (secondary N) is 1. The Bertz CT molecular complexity index is 810. The molecule has 0 radical (unpaired) electrons. The van der Waals surface area contributed by atoms with Gasteiger partial charge in [0.2, 0.25) is 0 Å². The summed E-state index contributed by atoms with van der Waals surface area (Å²) in [6, 6.07) is 12.3. The third-order valence-electron chi connectivity index (χ3n) is 4.04. The third kappa shape index (κ3) is 4.20. The first kappa shape index (κ1) is 19.0. The number of hydrogen-bond donors (Lipinski definition) is 1. The molecule has 1 N–H and O–H groups in total. The van der Waals surface area contributed by atoms with Gasteiger partial charge in [-0.1, -0.05) is 35.9 Å². The summed E-state index contributed by atoms with van der Waals surface area (Å²) < 4.78 is 0. The molecule has 0 spiro atoms. The molecule has 0 aromatic heterocycles. The molecule has 0 saturated heterocycles. The molecule has 0 fully saturated rings. The fraction of sp³-hybridized carbons (Fsp3) is 0.300. The Morgan fingerprint density at radius 1 is 0.960 bits per heavy atom. The average molecular weight is 359 g/mol. The van der Waals surface area contributed by atoms with Gasteiger partial charge in [-0.3, -0.25) is 15.0 Å². The van der Waals surface area contributed by atoms with Gasteiger partial charge in [0, 0.05) is 5.56 Å². The average Bonchev–Trinajstić information content (AvgIpc) is 2.53. The number of benzene rings is 2. The maximum absolute atomic E-state index is 13.0. The van der Waals surface area contributed by atoms with Gasteiger partial charge in [0.05, 0.1) is 16.1 Å². The van der Waals surface area contributed by atoms with Crippen LogP contribution in [-0.4, -0.2) is 22.4 Å². The van der Waals surface area contributed by atoms with E-state index in [1.54, 1.807) is 30.3 Å². The van der Waals surface area contributed by atoms with Crippen molar-refractivity contribution in [1.29, 1.82) is 0 Å². The van der Waals surface area contributed by atoms with Crippen LogP contribution in [0, 0.1) is 13.8 Å². The summed E-state index contributed by atoms with van der Waals surface area (Å²) in [5.74, 6) is -0.673. The Balaban J connectivity index is 2.36. The Morgan fingerprint density at radius 2 is 1.56 bits per heavy atom. The van der Waals surface area contributed by atoms with Crippen LogP contribution < -0.4 is 5.43 Å². The molecular weight excluding hydrogens is 336 g/mol. The first-order valence-electron chi connectivity index (χ1n) is 8.09. The number of hydrogen-bond acceptors (Lipinski definition) is 2. The van der Waals surface area contributed by atoms with E-state index in [9.17, 15) is 9.59 Å². The fourth-order valence-electron chi connectivity index (χ4n) is 2.44. The minimum Gasteiger partial charge on any atom is -0.267 e. The van der Waals surface area contributed by atoms with Crippen LogP contribution in [0.2, 0.25) is 5.02 Å². The zero-order chi connectivity index (χ0) is 18.8. The molecule has 132 valence electrons. The van der Waals surface area contributed by atoms with Crippen LogP contribution >= 0.6 is 11.6 Å². The first-order chi connectivity index (χ1) is 11.6. The Morgan fingerprint density at radius 3 is 2.16 bits per heavy atom. The van der Waals surface area contributed by atoms with Crippen molar-refractivity contribution in [2.75, 3.05) is 0 Å².